The molecule has 2 N–H and O–H groups in total. The third-order valence-corrected chi connectivity index (χ3v) is 4.18. The third-order valence-electron chi connectivity index (χ3n) is 3.08. The summed E-state index contributed by atoms with van der Waals surface area (Å²) in [6, 6.07) is 13.7. The Labute approximate surface area is 131 Å². The van der Waals surface area contributed by atoms with Crippen molar-refractivity contribution in [3.63, 3.8) is 0 Å². The van der Waals surface area contributed by atoms with E-state index in [1.807, 2.05) is 24.3 Å². The van der Waals surface area contributed by atoms with Crippen molar-refractivity contribution < 1.29 is 0 Å². The SMILES string of the molecule is NCC(Cc1cc(Cl)ccc1Cl)c1cccc(Br)c1. The summed E-state index contributed by atoms with van der Waals surface area (Å²) < 4.78 is 1.06. The van der Waals surface area contributed by atoms with Crippen molar-refractivity contribution in [2.45, 2.75) is 12.3 Å². The van der Waals surface area contributed by atoms with Crippen LogP contribution in [-0.4, -0.2) is 6.54 Å². The predicted octanol–water partition coefficient (Wildman–Crippen LogP) is 5.04. The fourth-order valence-electron chi connectivity index (χ4n) is 2.06. The molecule has 0 saturated heterocycles. The van der Waals surface area contributed by atoms with Crippen LogP contribution >= 0.6 is 39.1 Å². The minimum absolute atomic E-state index is 0.230. The summed E-state index contributed by atoms with van der Waals surface area (Å²) in [5.41, 5.74) is 8.13. The maximum atomic E-state index is 6.21. The zero-order valence-corrected chi connectivity index (χ0v) is 13.3. The van der Waals surface area contributed by atoms with Gasteiger partial charge in [0.2, 0.25) is 0 Å². The first-order chi connectivity index (χ1) is 9.10. The third kappa shape index (κ3) is 3.96. The van der Waals surface area contributed by atoms with Crippen LogP contribution in [0.15, 0.2) is 46.9 Å². The lowest BCUT2D eigenvalue weighted by atomic mass is 9.92. The first kappa shape index (κ1) is 14.9. The van der Waals surface area contributed by atoms with Crippen molar-refractivity contribution in [2.24, 2.45) is 5.73 Å². The Morgan fingerprint density at radius 1 is 1.11 bits per heavy atom. The van der Waals surface area contributed by atoms with Crippen molar-refractivity contribution >= 4 is 39.1 Å². The second-order valence-electron chi connectivity index (χ2n) is 4.43. The van der Waals surface area contributed by atoms with Crippen molar-refractivity contribution in [3.05, 3.63) is 68.1 Å². The van der Waals surface area contributed by atoms with Gasteiger partial charge in [0.25, 0.3) is 0 Å². The van der Waals surface area contributed by atoms with Gasteiger partial charge in [-0.25, -0.2) is 0 Å². The maximum Gasteiger partial charge on any atom is 0.0439 e. The van der Waals surface area contributed by atoms with E-state index < -0.39 is 0 Å². The molecule has 0 spiro atoms. The van der Waals surface area contributed by atoms with Gasteiger partial charge in [-0.3, -0.25) is 0 Å². The van der Waals surface area contributed by atoms with E-state index >= 15 is 0 Å². The van der Waals surface area contributed by atoms with E-state index in [2.05, 4.69) is 28.1 Å². The minimum Gasteiger partial charge on any atom is -0.330 e. The zero-order chi connectivity index (χ0) is 13.8. The number of benzene rings is 2. The summed E-state index contributed by atoms with van der Waals surface area (Å²) in [7, 11) is 0. The molecule has 0 radical (unpaired) electrons. The second kappa shape index (κ2) is 6.76. The van der Waals surface area contributed by atoms with Crippen molar-refractivity contribution in [2.75, 3.05) is 6.54 Å². The molecule has 4 heteroatoms. The Kier molecular flexibility index (Phi) is 5.28. The lowest BCUT2D eigenvalue weighted by Crippen LogP contribution is -2.15. The van der Waals surface area contributed by atoms with Gasteiger partial charge in [0.1, 0.15) is 0 Å². The van der Waals surface area contributed by atoms with E-state index in [1.54, 1.807) is 6.07 Å². The molecule has 2 rings (SSSR count). The summed E-state index contributed by atoms with van der Waals surface area (Å²) >= 11 is 15.7. The van der Waals surface area contributed by atoms with Gasteiger partial charge in [-0.05, 0) is 54.4 Å². The van der Waals surface area contributed by atoms with E-state index in [1.165, 1.54) is 5.56 Å². The molecule has 1 nitrogen and oxygen atoms in total. The monoisotopic (exact) mass is 357 g/mol. The Hall–Kier alpha value is -0.540. The molecule has 0 aliphatic carbocycles. The predicted molar refractivity (Wildman–Crippen MR) is 86.1 cm³/mol. The first-order valence-corrected chi connectivity index (χ1v) is 7.54. The molecule has 0 aromatic heterocycles. The molecule has 1 unspecified atom stereocenters. The molecule has 100 valence electrons. The van der Waals surface area contributed by atoms with E-state index in [9.17, 15) is 0 Å². The molecule has 2 aromatic carbocycles. The molecular formula is C15H14BrCl2N. The average Bonchev–Trinajstić information content (AvgIpc) is 2.39. The highest BCUT2D eigenvalue weighted by molar-refractivity contribution is 9.10. The van der Waals surface area contributed by atoms with Crippen LogP contribution < -0.4 is 5.73 Å². The molecule has 0 fully saturated rings. The quantitative estimate of drug-likeness (QED) is 0.813. The maximum absolute atomic E-state index is 6.21. The van der Waals surface area contributed by atoms with E-state index in [0.29, 0.717) is 11.6 Å². The molecule has 0 amide bonds. The van der Waals surface area contributed by atoms with Crippen LogP contribution in [0.1, 0.15) is 17.0 Å². The summed E-state index contributed by atoms with van der Waals surface area (Å²) in [5.74, 6) is 0.230. The number of halogens is 3. The number of hydrogen-bond donors (Lipinski definition) is 1. The summed E-state index contributed by atoms with van der Waals surface area (Å²) in [5, 5.41) is 1.43. The highest BCUT2D eigenvalue weighted by Crippen LogP contribution is 2.28. The Balaban J connectivity index is 2.26. The van der Waals surface area contributed by atoms with Crippen molar-refractivity contribution in [3.8, 4) is 0 Å². The van der Waals surface area contributed by atoms with E-state index in [0.717, 1.165) is 21.5 Å². The van der Waals surface area contributed by atoms with Crippen LogP contribution in [0.25, 0.3) is 0 Å². The van der Waals surface area contributed by atoms with Gasteiger partial charge < -0.3 is 5.73 Å². The largest absolute Gasteiger partial charge is 0.330 e. The standard InChI is InChI=1S/C15H14BrCl2N/c16-13-3-1-2-10(7-13)12(9-19)6-11-8-14(17)4-5-15(11)18/h1-5,7-8,12H,6,9,19H2. The second-order valence-corrected chi connectivity index (χ2v) is 6.19. The number of nitrogens with two attached hydrogens (primary N) is 1. The average molecular weight is 359 g/mol. The minimum atomic E-state index is 0.230. The smallest absolute Gasteiger partial charge is 0.0439 e. The van der Waals surface area contributed by atoms with Gasteiger partial charge in [-0.2, -0.15) is 0 Å². The molecular weight excluding hydrogens is 345 g/mol. The fraction of sp³-hybridized carbons (Fsp3) is 0.200. The lowest BCUT2D eigenvalue weighted by Gasteiger charge is -2.16. The van der Waals surface area contributed by atoms with Crippen LogP contribution in [0.2, 0.25) is 10.0 Å². The summed E-state index contributed by atoms with van der Waals surface area (Å²) in [4.78, 5) is 0. The topological polar surface area (TPSA) is 26.0 Å². The molecule has 2 aromatic rings. The molecule has 19 heavy (non-hydrogen) atoms. The molecule has 1 atom stereocenters. The van der Waals surface area contributed by atoms with Gasteiger partial charge in [0.05, 0.1) is 0 Å². The van der Waals surface area contributed by atoms with Crippen LogP contribution in [0.5, 0.6) is 0 Å². The fourth-order valence-corrected chi connectivity index (χ4v) is 2.87. The Morgan fingerprint density at radius 3 is 2.58 bits per heavy atom. The highest BCUT2D eigenvalue weighted by atomic mass is 79.9. The van der Waals surface area contributed by atoms with Gasteiger partial charge in [0.15, 0.2) is 0 Å². The number of hydrogen-bond acceptors (Lipinski definition) is 1. The lowest BCUT2D eigenvalue weighted by molar-refractivity contribution is 0.694. The van der Waals surface area contributed by atoms with Gasteiger partial charge in [0, 0.05) is 20.4 Å². The highest BCUT2D eigenvalue weighted by Gasteiger charge is 2.13. The van der Waals surface area contributed by atoms with E-state index in [4.69, 9.17) is 28.9 Å². The molecule has 0 aliphatic heterocycles. The Morgan fingerprint density at radius 2 is 1.89 bits per heavy atom. The normalized spacial score (nSPS) is 12.4. The molecule has 0 saturated carbocycles. The van der Waals surface area contributed by atoms with Crippen LogP contribution in [-0.2, 0) is 6.42 Å². The first-order valence-electron chi connectivity index (χ1n) is 5.99. The summed E-state index contributed by atoms with van der Waals surface area (Å²) in [6.45, 7) is 0.569. The van der Waals surface area contributed by atoms with Gasteiger partial charge >= 0.3 is 0 Å². The summed E-state index contributed by atoms with van der Waals surface area (Å²) in [6.07, 6.45) is 0.784. The molecule has 0 aliphatic rings. The van der Waals surface area contributed by atoms with Crippen LogP contribution in [0.4, 0.5) is 0 Å². The Bertz CT molecular complexity index is 572. The van der Waals surface area contributed by atoms with Gasteiger partial charge in [-0.1, -0.05) is 51.3 Å². The van der Waals surface area contributed by atoms with E-state index in [-0.39, 0.29) is 5.92 Å². The number of rotatable bonds is 4. The van der Waals surface area contributed by atoms with Crippen LogP contribution in [0, 0.1) is 0 Å². The van der Waals surface area contributed by atoms with Crippen LogP contribution in [0.3, 0.4) is 0 Å². The zero-order valence-electron chi connectivity index (χ0n) is 10.2. The molecule has 0 bridgehead atoms. The van der Waals surface area contributed by atoms with Crippen molar-refractivity contribution in [1.29, 1.82) is 0 Å². The van der Waals surface area contributed by atoms with Crippen molar-refractivity contribution in [1.82, 2.24) is 0 Å². The molecule has 0 heterocycles. The van der Waals surface area contributed by atoms with Gasteiger partial charge in [-0.15, -0.1) is 0 Å².